The van der Waals surface area contributed by atoms with E-state index in [4.69, 9.17) is 19.7 Å². The number of benzene rings is 2. The van der Waals surface area contributed by atoms with Crippen LogP contribution >= 0.6 is 0 Å². The number of para-hydroxylation sites is 1. The molecule has 0 radical (unpaired) electrons. The number of carbonyl (C=O) groups excluding carboxylic acids is 1. The maximum atomic E-state index is 12.9. The lowest BCUT2D eigenvalue weighted by Gasteiger charge is -2.06. The summed E-state index contributed by atoms with van der Waals surface area (Å²) < 4.78 is 24.0. The van der Waals surface area contributed by atoms with E-state index < -0.39 is 11.8 Å². The van der Waals surface area contributed by atoms with Crippen molar-refractivity contribution in [3.05, 3.63) is 89.1 Å². The van der Waals surface area contributed by atoms with Gasteiger partial charge in [0.1, 0.15) is 23.9 Å². The molecule has 1 aromatic heterocycles. The monoisotopic (exact) mass is 368 g/mol. The molecule has 7 heteroatoms. The van der Waals surface area contributed by atoms with E-state index in [-0.39, 0.29) is 18.2 Å². The minimum atomic E-state index is -0.804. The number of aryl methyl sites for hydroxylation is 1. The number of amidine groups is 1. The Bertz CT molecular complexity index is 964. The molecule has 1 heterocycles. The van der Waals surface area contributed by atoms with E-state index in [2.05, 4.69) is 5.16 Å². The highest BCUT2D eigenvalue weighted by molar-refractivity contribution is 5.97. The third-order valence-electron chi connectivity index (χ3n) is 3.69. The van der Waals surface area contributed by atoms with Crippen molar-refractivity contribution >= 4 is 11.8 Å². The van der Waals surface area contributed by atoms with E-state index in [9.17, 15) is 9.18 Å². The predicted octanol–water partition coefficient (Wildman–Crippen LogP) is 3.78. The van der Waals surface area contributed by atoms with Crippen molar-refractivity contribution in [2.24, 2.45) is 10.9 Å². The maximum Gasteiger partial charge on any atom is 0.400 e. The van der Waals surface area contributed by atoms with Crippen molar-refractivity contribution in [2.75, 3.05) is 0 Å². The highest BCUT2D eigenvalue weighted by Gasteiger charge is 2.14. The van der Waals surface area contributed by atoms with E-state index >= 15 is 0 Å². The Morgan fingerprint density at radius 2 is 1.85 bits per heavy atom. The highest BCUT2D eigenvalue weighted by atomic mass is 19.1. The summed E-state index contributed by atoms with van der Waals surface area (Å²) in [5.74, 6) is -0.107. The number of hydrogen-bond acceptors (Lipinski definition) is 5. The molecular weight excluding hydrogens is 351 g/mol. The molecule has 6 nitrogen and oxygen atoms in total. The topological polar surface area (TPSA) is 87.0 Å². The lowest BCUT2D eigenvalue weighted by atomic mass is 10.2. The Morgan fingerprint density at radius 1 is 1.11 bits per heavy atom. The standard InChI is InChI=1S/C20H17FN2O4/c1-13-4-2-3-5-17(13)25-12-16-10-11-18(26-16)20(24)27-23-19(22)14-6-8-15(21)9-7-14/h2-11H,12H2,1H3,(H2,22,23). The summed E-state index contributed by atoms with van der Waals surface area (Å²) >= 11 is 0. The van der Waals surface area contributed by atoms with E-state index in [1.807, 2.05) is 31.2 Å². The molecule has 0 aliphatic heterocycles. The summed E-state index contributed by atoms with van der Waals surface area (Å²) in [7, 11) is 0. The van der Waals surface area contributed by atoms with Crippen LogP contribution in [0.15, 0.2) is 70.2 Å². The first kappa shape index (κ1) is 18.2. The van der Waals surface area contributed by atoms with Crippen molar-refractivity contribution in [3.63, 3.8) is 0 Å². The summed E-state index contributed by atoms with van der Waals surface area (Å²) in [5.41, 5.74) is 7.12. The number of ether oxygens (including phenoxy) is 1. The van der Waals surface area contributed by atoms with Crippen LogP contribution in [0.5, 0.6) is 5.75 Å². The van der Waals surface area contributed by atoms with Crippen molar-refractivity contribution < 1.29 is 23.2 Å². The van der Waals surface area contributed by atoms with E-state index in [1.54, 1.807) is 6.07 Å². The minimum Gasteiger partial charge on any atom is -0.485 e. The van der Waals surface area contributed by atoms with Crippen LogP contribution < -0.4 is 10.5 Å². The smallest absolute Gasteiger partial charge is 0.400 e. The Kier molecular flexibility index (Phi) is 5.51. The molecule has 0 saturated carbocycles. The molecule has 0 atom stereocenters. The quantitative estimate of drug-likeness (QED) is 0.310. The van der Waals surface area contributed by atoms with Crippen molar-refractivity contribution in [2.45, 2.75) is 13.5 Å². The molecule has 2 aromatic carbocycles. The van der Waals surface area contributed by atoms with Gasteiger partial charge in [0.05, 0.1) is 0 Å². The second-order valence-corrected chi connectivity index (χ2v) is 5.68. The lowest BCUT2D eigenvalue weighted by molar-refractivity contribution is 0.0475. The third-order valence-corrected chi connectivity index (χ3v) is 3.69. The van der Waals surface area contributed by atoms with Crippen molar-refractivity contribution in [1.29, 1.82) is 0 Å². The van der Waals surface area contributed by atoms with Gasteiger partial charge >= 0.3 is 5.97 Å². The summed E-state index contributed by atoms with van der Waals surface area (Å²) in [5, 5.41) is 3.55. The molecule has 3 aromatic rings. The first-order valence-electron chi connectivity index (χ1n) is 8.11. The van der Waals surface area contributed by atoms with Crippen LogP contribution in [0.2, 0.25) is 0 Å². The van der Waals surface area contributed by atoms with Gasteiger partial charge in [0.2, 0.25) is 5.76 Å². The van der Waals surface area contributed by atoms with Gasteiger partial charge in [-0.3, -0.25) is 0 Å². The van der Waals surface area contributed by atoms with Crippen molar-refractivity contribution in [1.82, 2.24) is 0 Å². The van der Waals surface area contributed by atoms with Crippen LogP contribution in [0.3, 0.4) is 0 Å². The normalized spacial score (nSPS) is 11.3. The summed E-state index contributed by atoms with van der Waals surface area (Å²) in [6.45, 7) is 2.10. The van der Waals surface area contributed by atoms with Gasteiger partial charge in [-0.05, 0) is 55.0 Å². The molecule has 0 saturated heterocycles. The van der Waals surface area contributed by atoms with Gasteiger partial charge in [-0.1, -0.05) is 23.4 Å². The molecule has 0 amide bonds. The fourth-order valence-electron chi connectivity index (χ4n) is 2.24. The van der Waals surface area contributed by atoms with Gasteiger partial charge in [-0.15, -0.1) is 0 Å². The fraction of sp³-hybridized carbons (Fsp3) is 0.100. The van der Waals surface area contributed by atoms with Gasteiger partial charge in [0.25, 0.3) is 0 Å². The number of halogens is 1. The average Bonchev–Trinajstić information content (AvgIpc) is 3.15. The zero-order chi connectivity index (χ0) is 19.2. The molecular formula is C20H17FN2O4. The summed E-state index contributed by atoms with van der Waals surface area (Å²) in [6.07, 6.45) is 0. The van der Waals surface area contributed by atoms with E-state index in [1.165, 1.54) is 30.3 Å². The molecule has 0 bridgehead atoms. The molecule has 0 fully saturated rings. The van der Waals surface area contributed by atoms with Gasteiger partial charge in [0.15, 0.2) is 5.84 Å². The molecule has 2 N–H and O–H groups in total. The molecule has 0 aliphatic carbocycles. The zero-order valence-corrected chi connectivity index (χ0v) is 14.5. The number of carbonyl (C=O) groups is 1. The Balaban J connectivity index is 1.59. The molecule has 27 heavy (non-hydrogen) atoms. The second kappa shape index (κ2) is 8.18. The number of nitrogens with zero attached hydrogens (tertiary/aromatic N) is 1. The minimum absolute atomic E-state index is 0.0333. The fourth-order valence-corrected chi connectivity index (χ4v) is 2.24. The Morgan fingerprint density at radius 3 is 2.59 bits per heavy atom. The van der Waals surface area contributed by atoms with Crippen LogP contribution in [0.25, 0.3) is 0 Å². The zero-order valence-electron chi connectivity index (χ0n) is 14.5. The number of rotatable bonds is 6. The first-order valence-corrected chi connectivity index (χ1v) is 8.11. The Hall–Kier alpha value is -3.61. The van der Waals surface area contributed by atoms with Gasteiger partial charge < -0.3 is 19.7 Å². The van der Waals surface area contributed by atoms with Crippen LogP contribution in [0.4, 0.5) is 4.39 Å². The van der Waals surface area contributed by atoms with Crippen LogP contribution in [-0.2, 0) is 11.4 Å². The maximum absolute atomic E-state index is 12.9. The van der Waals surface area contributed by atoms with E-state index in [0.717, 1.165) is 11.3 Å². The van der Waals surface area contributed by atoms with Gasteiger partial charge in [-0.2, -0.15) is 0 Å². The molecule has 3 rings (SSSR count). The molecule has 0 aliphatic rings. The SMILES string of the molecule is Cc1ccccc1OCc1ccc(C(=O)O/N=C(\N)c2ccc(F)cc2)o1. The summed E-state index contributed by atoms with van der Waals surface area (Å²) in [6, 6.07) is 16.0. The highest BCUT2D eigenvalue weighted by Crippen LogP contribution is 2.19. The predicted molar refractivity (Wildman–Crippen MR) is 96.8 cm³/mol. The van der Waals surface area contributed by atoms with Crippen LogP contribution in [0, 0.1) is 12.7 Å². The molecule has 138 valence electrons. The van der Waals surface area contributed by atoms with Crippen molar-refractivity contribution in [3.8, 4) is 5.75 Å². The number of nitrogens with two attached hydrogens (primary N) is 1. The lowest BCUT2D eigenvalue weighted by Crippen LogP contribution is -2.15. The Labute approximate surface area is 155 Å². The third kappa shape index (κ3) is 4.72. The van der Waals surface area contributed by atoms with Crippen LogP contribution in [-0.4, -0.2) is 11.8 Å². The average molecular weight is 368 g/mol. The molecule has 0 spiro atoms. The van der Waals surface area contributed by atoms with Gasteiger partial charge in [0, 0.05) is 5.56 Å². The summed E-state index contributed by atoms with van der Waals surface area (Å²) in [4.78, 5) is 16.8. The number of oxime groups is 1. The number of hydrogen-bond donors (Lipinski definition) is 1. The second-order valence-electron chi connectivity index (χ2n) is 5.68. The molecule has 0 unspecified atom stereocenters. The van der Waals surface area contributed by atoms with Crippen LogP contribution in [0.1, 0.15) is 27.4 Å². The number of furan rings is 1. The van der Waals surface area contributed by atoms with Gasteiger partial charge in [-0.25, -0.2) is 9.18 Å². The van der Waals surface area contributed by atoms with E-state index in [0.29, 0.717) is 11.3 Å². The largest absolute Gasteiger partial charge is 0.485 e. The first-order chi connectivity index (χ1) is 13.0.